The van der Waals surface area contributed by atoms with Gasteiger partial charge in [-0.2, -0.15) is 0 Å². The molecular weight excluding hydrogens is 216 g/mol. The van der Waals surface area contributed by atoms with Crippen LogP contribution in [0, 0.1) is 0 Å². The summed E-state index contributed by atoms with van der Waals surface area (Å²) >= 11 is 0. The summed E-state index contributed by atoms with van der Waals surface area (Å²) in [6.07, 6.45) is -0.282. The molecule has 0 aromatic rings. The van der Waals surface area contributed by atoms with Crippen molar-refractivity contribution >= 4 is 17.7 Å². The molecule has 0 saturated carbocycles. The molecule has 90 valence electrons. The standard InChI is InChI=1S/C9H14N2O5/c1-4(8(13)14)7(11)6(12)3-2-5(10)9(15)16/h5,7H,1-3,10-11H2,(H,13,14)(H,15,16)/t5-,7?/m0/s1. The smallest absolute Gasteiger partial charge is 0.333 e. The Labute approximate surface area is 91.7 Å². The van der Waals surface area contributed by atoms with Crippen LogP contribution < -0.4 is 11.5 Å². The van der Waals surface area contributed by atoms with Gasteiger partial charge in [-0.1, -0.05) is 6.58 Å². The summed E-state index contributed by atoms with van der Waals surface area (Å²) in [6.45, 7) is 3.14. The highest BCUT2D eigenvalue weighted by molar-refractivity contribution is 5.98. The zero-order chi connectivity index (χ0) is 12.9. The Morgan fingerprint density at radius 3 is 2.06 bits per heavy atom. The van der Waals surface area contributed by atoms with Crippen LogP contribution in [0.2, 0.25) is 0 Å². The van der Waals surface area contributed by atoms with Crippen molar-refractivity contribution in [3.05, 3.63) is 12.2 Å². The van der Waals surface area contributed by atoms with Gasteiger partial charge in [0, 0.05) is 6.42 Å². The molecule has 0 saturated heterocycles. The monoisotopic (exact) mass is 230 g/mol. The largest absolute Gasteiger partial charge is 0.480 e. The van der Waals surface area contributed by atoms with Crippen molar-refractivity contribution in [1.29, 1.82) is 0 Å². The molecule has 7 nitrogen and oxygen atoms in total. The van der Waals surface area contributed by atoms with Crippen LogP contribution in [-0.2, 0) is 14.4 Å². The van der Waals surface area contributed by atoms with E-state index in [0.29, 0.717) is 0 Å². The Hall–Kier alpha value is -1.73. The summed E-state index contributed by atoms with van der Waals surface area (Å²) < 4.78 is 0. The normalized spacial score (nSPS) is 13.9. The number of carboxylic acids is 2. The number of Topliss-reactive ketones (excluding diaryl/α,β-unsaturated/α-hetero) is 1. The molecule has 16 heavy (non-hydrogen) atoms. The molecule has 1 unspecified atom stereocenters. The highest BCUT2D eigenvalue weighted by Gasteiger charge is 2.23. The first-order valence-electron chi connectivity index (χ1n) is 4.46. The second-order valence-electron chi connectivity index (χ2n) is 3.26. The van der Waals surface area contributed by atoms with Crippen LogP contribution >= 0.6 is 0 Å². The molecule has 7 heteroatoms. The van der Waals surface area contributed by atoms with Crippen molar-refractivity contribution < 1.29 is 24.6 Å². The molecule has 0 aliphatic carbocycles. The summed E-state index contributed by atoms with van der Waals surface area (Å²) in [5.41, 5.74) is 10.1. The topological polar surface area (TPSA) is 144 Å². The van der Waals surface area contributed by atoms with E-state index in [1.165, 1.54) is 0 Å². The summed E-state index contributed by atoms with van der Waals surface area (Å²) in [4.78, 5) is 32.1. The molecule has 0 amide bonds. The molecule has 0 rings (SSSR count). The lowest BCUT2D eigenvalue weighted by atomic mass is 10.00. The summed E-state index contributed by atoms with van der Waals surface area (Å²) in [5, 5.41) is 17.0. The van der Waals surface area contributed by atoms with Gasteiger partial charge in [0.2, 0.25) is 0 Å². The Morgan fingerprint density at radius 2 is 1.69 bits per heavy atom. The van der Waals surface area contributed by atoms with Gasteiger partial charge in [0.1, 0.15) is 6.04 Å². The van der Waals surface area contributed by atoms with Crippen LogP contribution in [0.25, 0.3) is 0 Å². The Bertz CT molecular complexity index is 326. The zero-order valence-corrected chi connectivity index (χ0v) is 8.55. The number of carboxylic acid groups (broad SMARTS) is 2. The summed E-state index contributed by atoms with van der Waals surface area (Å²) in [5.74, 6) is -3.18. The molecule has 0 aromatic heterocycles. The van der Waals surface area contributed by atoms with E-state index >= 15 is 0 Å². The molecule has 0 radical (unpaired) electrons. The lowest BCUT2D eigenvalue weighted by Crippen LogP contribution is -2.37. The third kappa shape index (κ3) is 4.20. The van der Waals surface area contributed by atoms with Crippen LogP contribution in [-0.4, -0.2) is 40.0 Å². The predicted molar refractivity (Wildman–Crippen MR) is 54.6 cm³/mol. The lowest BCUT2D eigenvalue weighted by Gasteiger charge is -2.11. The minimum Gasteiger partial charge on any atom is -0.480 e. The first-order chi connectivity index (χ1) is 7.27. The highest BCUT2D eigenvalue weighted by atomic mass is 16.4. The van der Waals surface area contributed by atoms with Crippen molar-refractivity contribution in [2.45, 2.75) is 24.9 Å². The molecule has 0 aromatic carbocycles. The SMILES string of the molecule is C=C(C(=O)O)C(N)C(=O)CC[C@H](N)C(=O)O. The summed E-state index contributed by atoms with van der Waals surface area (Å²) in [7, 11) is 0. The molecule has 0 heterocycles. The van der Waals surface area contributed by atoms with Crippen molar-refractivity contribution in [2.75, 3.05) is 0 Å². The van der Waals surface area contributed by atoms with Crippen molar-refractivity contribution in [2.24, 2.45) is 11.5 Å². The van der Waals surface area contributed by atoms with Gasteiger partial charge in [-0.25, -0.2) is 4.79 Å². The van der Waals surface area contributed by atoms with E-state index in [2.05, 4.69) is 6.58 Å². The van der Waals surface area contributed by atoms with E-state index in [0.717, 1.165) is 0 Å². The third-order valence-corrected chi connectivity index (χ3v) is 2.02. The highest BCUT2D eigenvalue weighted by Crippen LogP contribution is 2.04. The minimum atomic E-state index is -1.36. The molecule has 0 spiro atoms. The second-order valence-corrected chi connectivity index (χ2v) is 3.26. The predicted octanol–water partition coefficient (Wildman–Crippen LogP) is -1.28. The van der Waals surface area contributed by atoms with E-state index in [9.17, 15) is 14.4 Å². The molecule has 6 N–H and O–H groups in total. The van der Waals surface area contributed by atoms with Gasteiger partial charge in [0.15, 0.2) is 5.78 Å². The van der Waals surface area contributed by atoms with Gasteiger partial charge in [-0.15, -0.1) is 0 Å². The summed E-state index contributed by atoms with van der Waals surface area (Å²) in [6, 6.07) is -2.48. The van der Waals surface area contributed by atoms with E-state index in [-0.39, 0.29) is 12.8 Å². The van der Waals surface area contributed by atoms with E-state index in [1.54, 1.807) is 0 Å². The maximum atomic E-state index is 11.3. The van der Waals surface area contributed by atoms with Crippen LogP contribution in [0.4, 0.5) is 0 Å². The molecule has 0 aliphatic heterocycles. The number of carbonyl (C=O) groups excluding carboxylic acids is 1. The van der Waals surface area contributed by atoms with Crippen molar-refractivity contribution in [1.82, 2.24) is 0 Å². The molecule has 0 fully saturated rings. The first kappa shape index (κ1) is 14.3. The van der Waals surface area contributed by atoms with Crippen LogP contribution in [0.5, 0.6) is 0 Å². The fraction of sp³-hybridized carbons (Fsp3) is 0.444. The second kappa shape index (κ2) is 5.99. The quantitative estimate of drug-likeness (QED) is 0.398. The van der Waals surface area contributed by atoms with Gasteiger partial charge in [-0.3, -0.25) is 9.59 Å². The number of rotatable bonds is 7. The number of nitrogens with two attached hydrogens (primary N) is 2. The number of hydrogen-bond donors (Lipinski definition) is 4. The van der Waals surface area contributed by atoms with Gasteiger partial charge < -0.3 is 21.7 Å². The van der Waals surface area contributed by atoms with Gasteiger partial charge in [0.25, 0.3) is 0 Å². The number of ketones is 1. The van der Waals surface area contributed by atoms with E-state index in [1.807, 2.05) is 0 Å². The lowest BCUT2D eigenvalue weighted by molar-refractivity contribution is -0.139. The Balaban J connectivity index is 4.22. The van der Waals surface area contributed by atoms with Gasteiger partial charge >= 0.3 is 11.9 Å². The first-order valence-corrected chi connectivity index (χ1v) is 4.46. The third-order valence-electron chi connectivity index (χ3n) is 2.02. The Kier molecular flexibility index (Phi) is 5.34. The molecule has 2 atom stereocenters. The molecular formula is C9H14N2O5. The van der Waals surface area contributed by atoms with Crippen molar-refractivity contribution in [3.63, 3.8) is 0 Å². The fourth-order valence-electron chi connectivity index (χ4n) is 0.904. The number of hydrogen-bond acceptors (Lipinski definition) is 5. The maximum absolute atomic E-state index is 11.3. The zero-order valence-electron chi connectivity index (χ0n) is 8.55. The van der Waals surface area contributed by atoms with Gasteiger partial charge in [0.05, 0.1) is 11.6 Å². The average molecular weight is 230 g/mol. The number of aliphatic carboxylic acids is 2. The average Bonchev–Trinajstić information content (AvgIpc) is 2.22. The number of carbonyl (C=O) groups is 3. The van der Waals surface area contributed by atoms with Gasteiger partial charge in [-0.05, 0) is 6.42 Å². The fourth-order valence-corrected chi connectivity index (χ4v) is 0.904. The van der Waals surface area contributed by atoms with Crippen LogP contribution in [0.15, 0.2) is 12.2 Å². The molecule has 0 bridgehead atoms. The van der Waals surface area contributed by atoms with E-state index < -0.39 is 35.4 Å². The minimum absolute atomic E-state index is 0.0885. The van der Waals surface area contributed by atoms with Crippen LogP contribution in [0.1, 0.15) is 12.8 Å². The van der Waals surface area contributed by atoms with E-state index in [4.69, 9.17) is 21.7 Å². The Morgan fingerprint density at radius 1 is 1.19 bits per heavy atom. The maximum Gasteiger partial charge on any atom is 0.333 e. The van der Waals surface area contributed by atoms with Crippen LogP contribution in [0.3, 0.4) is 0 Å². The van der Waals surface area contributed by atoms with Crippen molar-refractivity contribution in [3.8, 4) is 0 Å². The molecule has 0 aliphatic rings.